The average molecular weight is 335 g/mol. The molecule has 6 nitrogen and oxygen atoms in total. The van der Waals surface area contributed by atoms with Gasteiger partial charge in [0.1, 0.15) is 5.69 Å². The monoisotopic (exact) mass is 335 g/mol. The van der Waals surface area contributed by atoms with Crippen LogP contribution in [0.2, 0.25) is 0 Å². The largest absolute Gasteiger partial charge is 0.392 e. The van der Waals surface area contributed by atoms with E-state index >= 15 is 0 Å². The van der Waals surface area contributed by atoms with Gasteiger partial charge in [0.15, 0.2) is 0 Å². The molecule has 0 bridgehead atoms. The Balaban J connectivity index is 1.81. The zero-order chi connectivity index (χ0) is 17.6. The molecular formula is C19H17N3O3. The molecule has 0 saturated heterocycles. The maximum absolute atomic E-state index is 12.4. The lowest BCUT2D eigenvalue weighted by atomic mass is 10.2. The number of nitrogens with one attached hydrogen (secondary N) is 1. The van der Waals surface area contributed by atoms with Crippen molar-refractivity contribution in [1.82, 2.24) is 9.78 Å². The van der Waals surface area contributed by atoms with E-state index in [0.717, 1.165) is 5.56 Å². The molecule has 0 radical (unpaired) electrons. The number of hydrogen-bond donors (Lipinski definition) is 2. The first-order valence-electron chi connectivity index (χ1n) is 7.79. The zero-order valence-corrected chi connectivity index (χ0v) is 13.4. The highest BCUT2D eigenvalue weighted by Gasteiger charge is 2.10. The van der Waals surface area contributed by atoms with Gasteiger partial charge in [-0.25, -0.2) is 4.68 Å². The van der Waals surface area contributed by atoms with Crippen molar-refractivity contribution in [2.75, 3.05) is 5.32 Å². The van der Waals surface area contributed by atoms with E-state index in [4.69, 9.17) is 5.11 Å². The number of amides is 1. The second-order valence-corrected chi connectivity index (χ2v) is 5.51. The van der Waals surface area contributed by atoms with Crippen LogP contribution < -0.4 is 10.9 Å². The highest BCUT2D eigenvalue weighted by Crippen LogP contribution is 2.11. The quantitative estimate of drug-likeness (QED) is 0.747. The van der Waals surface area contributed by atoms with Crippen molar-refractivity contribution in [2.45, 2.75) is 13.2 Å². The van der Waals surface area contributed by atoms with Gasteiger partial charge >= 0.3 is 0 Å². The maximum Gasteiger partial charge on any atom is 0.276 e. The molecule has 1 aromatic heterocycles. The summed E-state index contributed by atoms with van der Waals surface area (Å²) in [6, 6.07) is 19.1. The Hall–Kier alpha value is -3.25. The van der Waals surface area contributed by atoms with Gasteiger partial charge in [0.05, 0.1) is 13.2 Å². The molecule has 126 valence electrons. The van der Waals surface area contributed by atoms with Crippen LogP contribution in [0.5, 0.6) is 0 Å². The van der Waals surface area contributed by atoms with E-state index in [0.29, 0.717) is 17.8 Å². The van der Waals surface area contributed by atoms with Gasteiger partial charge in [-0.2, -0.15) is 5.10 Å². The van der Waals surface area contributed by atoms with E-state index in [1.54, 1.807) is 24.3 Å². The number of aliphatic hydroxyl groups is 1. The lowest BCUT2D eigenvalue weighted by Crippen LogP contribution is -2.26. The fourth-order valence-electron chi connectivity index (χ4n) is 2.38. The standard InChI is InChI=1S/C19H17N3O3/c23-13-15-7-4-8-16(11-15)20-19(25)17-9-10-18(24)22(21-17)12-14-5-2-1-3-6-14/h1-11,23H,12-13H2,(H,20,25). The Morgan fingerprint density at radius 3 is 2.52 bits per heavy atom. The minimum absolute atomic E-state index is 0.107. The molecule has 2 aromatic carbocycles. The predicted octanol–water partition coefficient (Wildman–Crippen LogP) is 2.04. The topological polar surface area (TPSA) is 84.2 Å². The lowest BCUT2D eigenvalue weighted by Gasteiger charge is -2.08. The van der Waals surface area contributed by atoms with Gasteiger partial charge in [-0.1, -0.05) is 42.5 Å². The van der Waals surface area contributed by atoms with Crippen molar-refractivity contribution in [3.05, 3.63) is 93.9 Å². The SMILES string of the molecule is O=C(Nc1cccc(CO)c1)c1ccc(=O)n(Cc2ccccc2)n1. The summed E-state index contributed by atoms with van der Waals surface area (Å²) in [7, 11) is 0. The summed E-state index contributed by atoms with van der Waals surface area (Å²) in [5.41, 5.74) is 2.04. The van der Waals surface area contributed by atoms with Gasteiger partial charge in [-0.15, -0.1) is 0 Å². The number of aliphatic hydroxyl groups excluding tert-OH is 1. The molecule has 0 aliphatic carbocycles. The molecule has 0 unspecified atom stereocenters. The molecule has 0 atom stereocenters. The number of carbonyl (C=O) groups excluding carboxylic acids is 1. The molecule has 25 heavy (non-hydrogen) atoms. The van der Waals surface area contributed by atoms with Crippen LogP contribution in [0.1, 0.15) is 21.6 Å². The fourth-order valence-corrected chi connectivity index (χ4v) is 2.38. The molecule has 1 amide bonds. The van der Waals surface area contributed by atoms with Crippen molar-refractivity contribution >= 4 is 11.6 Å². The highest BCUT2D eigenvalue weighted by molar-refractivity contribution is 6.02. The Labute approximate surface area is 144 Å². The van der Waals surface area contributed by atoms with Crippen LogP contribution in [0.15, 0.2) is 71.5 Å². The summed E-state index contributed by atoms with van der Waals surface area (Å²) in [4.78, 5) is 24.4. The first-order valence-corrected chi connectivity index (χ1v) is 7.79. The summed E-state index contributed by atoms with van der Waals surface area (Å²) in [6.45, 7) is 0.185. The second-order valence-electron chi connectivity index (χ2n) is 5.51. The third kappa shape index (κ3) is 4.19. The maximum atomic E-state index is 12.4. The van der Waals surface area contributed by atoms with Gasteiger partial charge in [0.2, 0.25) is 0 Å². The van der Waals surface area contributed by atoms with E-state index in [1.807, 2.05) is 30.3 Å². The Kier molecular flexibility index (Phi) is 5.01. The molecule has 3 rings (SSSR count). The highest BCUT2D eigenvalue weighted by atomic mass is 16.3. The fraction of sp³-hybridized carbons (Fsp3) is 0.105. The predicted molar refractivity (Wildman–Crippen MR) is 94.4 cm³/mol. The summed E-state index contributed by atoms with van der Waals surface area (Å²) < 4.78 is 1.26. The molecule has 0 spiro atoms. The molecule has 6 heteroatoms. The molecule has 1 heterocycles. The number of benzene rings is 2. The van der Waals surface area contributed by atoms with Crippen molar-refractivity contribution in [1.29, 1.82) is 0 Å². The van der Waals surface area contributed by atoms with Crippen molar-refractivity contribution in [3.63, 3.8) is 0 Å². The van der Waals surface area contributed by atoms with Crippen LogP contribution in [0.3, 0.4) is 0 Å². The molecule has 0 saturated carbocycles. The van der Waals surface area contributed by atoms with E-state index in [1.165, 1.54) is 16.8 Å². The number of hydrogen-bond acceptors (Lipinski definition) is 4. The summed E-state index contributed by atoms with van der Waals surface area (Å²) in [5, 5.41) is 16.0. The van der Waals surface area contributed by atoms with E-state index in [2.05, 4.69) is 10.4 Å². The molecule has 3 aromatic rings. The Bertz CT molecular complexity index is 936. The van der Waals surface area contributed by atoms with E-state index in [-0.39, 0.29) is 17.9 Å². The lowest BCUT2D eigenvalue weighted by molar-refractivity contribution is 0.102. The minimum Gasteiger partial charge on any atom is -0.392 e. The summed E-state index contributed by atoms with van der Waals surface area (Å²) in [6.07, 6.45) is 0. The number of aromatic nitrogens is 2. The van der Waals surface area contributed by atoms with Crippen LogP contribution in [0.4, 0.5) is 5.69 Å². The smallest absolute Gasteiger partial charge is 0.276 e. The van der Waals surface area contributed by atoms with Gasteiger partial charge < -0.3 is 10.4 Å². The van der Waals surface area contributed by atoms with Crippen LogP contribution in [0, 0.1) is 0 Å². The van der Waals surface area contributed by atoms with Gasteiger partial charge in [0.25, 0.3) is 11.5 Å². The van der Waals surface area contributed by atoms with Crippen molar-refractivity contribution in [2.24, 2.45) is 0 Å². The summed E-state index contributed by atoms with van der Waals surface area (Å²) >= 11 is 0. The van der Waals surface area contributed by atoms with Gasteiger partial charge in [-0.05, 0) is 29.3 Å². The molecule has 0 fully saturated rings. The summed E-state index contributed by atoms with van der Waals surface area (Å²) in [5.74, 6) is -0.420. The zero-order valence-electron chi connectivity index (χ0n) is 13.4. The number of rotatable bonds is 5. The normalized spacial score (nSPS) is 10.4. The van der Waals surface area contributed by atoms with Crippen LogP contribution in [0.25, 0.3) is 0 Å². The minimum atomic E-state index is -0.420. The van der Waals surface area contributed by atoms with Crippen LogP contribution in [-0.4, -0.2) is 20.8 Å². The molecule has 0 aliphatic heterocycles. The van der Waals surface area contributed by atoms with Gasteiger partial charge in [-0.3, -0.25) is 9.59 Å². The van der Waals surface area contributed by atoms with Crippen molar-refractivity contribution in [3.8, 4) is 0 Å². The Morgan fingerprint density at radius 2 is 1.76 bits per heavy atom. The van der Waals surface area contributed by atoms with E-state index < -0.39 is 5.91 Å². The van der Waals surface area contributed by atoms with Crippen LogP contribution in [-0.2, 0) is 13.2 Å². The third-order valence-electron chi connectivity index (χ3n) is 3.64. The van der Waals surface area contributed by atoms with Gasteiger partial charge in [0, 0.05) is 11.8 Å². The Morgan fingerprint density at radius 1 is 1.00 bits per heavy atom. The molecular weight excluding hydrogens is 318 g/mol. The number of nitrogens with zero attached hydrogens (tertiary/aromatic N) is 2. The number of anilines is 1. The second kappa shape index (κ2) is 7.55. The van der Waals surface area contributed by atoms with E-state index in [9.17, 15) is 9.59 Å². The first kappa shape index (κ1) is 16.6. The van der Waals surface area contributed by atoms with Crippen molar-refractivity contribution < 1.29 is 9.90 Å². The average Bonchev–Trinajstić information content (AvgIpc) is 2.64. The molecule has 2 N–H and O–H groups in total. The third-order valence-corrected chi connectivity index (χ3v) is 3.64. The first-order chi connectivity index (χ1) is 12.2. The molecule has 0 aliphatic rings. The van der Waals surface area contributed by atoms with Crippen LogP contribution >= 0.6 is 0 Å². The number of carbonyl (C=O) groups is 1.